The number of rotatable bonds is 3. The Labute approximate surface area is 112 Å². The van der Waals surface area contributed by atoms with Gasteiger partial charge in [0.1, 0.15) is 5.00 Å². The van der Waals surface area contributed by atoms with Crippen LogP contribution in [0, 0.1) is 0 Å². The van der Waals surface area contributed by atoms with E-state index in [4.69, 9.17) is 5.73 Å². The number of alkyl halides is 3. The Bertz CT molecular complexity index is 585. The third kappa shape index (κ3) is 2.78. The molecule has 19 heavy (non-hydrogen) atoms. The topological polar surface area (TPSA) is 38.9 Å². The molecule has 0 aliphatic rings. The van der Waals surface area contributed by atoms with Crippen molar-refractivity contribution in [2.45, 2.75) is 12.6 Å². The molecule has 2 rings (SSSR count). The molecule has 0 unspecified atom stereocenters. The van der Waals surface area contributed by atoms with Crippen molar-refractivity contribution in [3.8, 4) is 11.3 Å². The molecule has 1 aromatic heterocycles. The summed E-state index contributed by atoms with van der Waals surface area (Å²) in [5.74, 6) is 0. The molecule has 1 aromatic carbocycles. The van der Waals surface area contributed by atoms with Gasteiger partial charge in [-0.1, -0.05) is 18.2 Å². The lowest BCUT2D eigenvalue weighted by molar-refractivity contribution is -0.137. The van der Waals surface area contributed by atoms with E-state index in [0.29, 0.717) is 22.7 Å². The molecular formula is C13H11F3N2S. The first-order valence-corrected chi connectivity index (χ1v) is 6.23. The number of anilines is 1. The minimum absolute atomic E-state index is 0.540. The Hall–Kier alpha value is -1.82. The molecule has 2 N–H and O–H groups in total. The number of aromatic nitrogens is 1. The van der Waals surface area contributed by atoms with E-state index >= 15 is 0 Å². The lowest BCUT2D eigenvalue weighted by atomic mass is 10.0. The monoisotopic (exact) mass is 284 g/mol. The molecule has 0 spiro atoms. The van der Waals surface area contributed by atoms with Gasteiger partial charge in [-0.3, -0.25) is 0 Å². The van der Waals surface area contributed by atoms with E-state index in [0.717, 1.165) is 29.2 Å². The lowest BCUT2D eigenvalue weighted by Gasteiger charge is -2.07. The molecule has 0 aliphatic heterocycles. The van der Waals surface area contributed by atoms with Crippen LogP contribution in [0.1, 0.15) is 11.1 Å². The van der Waals surface area contributed by atoms with Gasteiger partial charge in [0.05, 0.1) is 11.3 Å². The summed E-state index contributed by atoms with van der Waals surface area (Å²) < 4.78 is 41.6. The van der Waals surface area contributed by atoms with Crippen molar-refractivity contribution >= 4 is 16.5 Å². The van der Waals surface area contributed by atoms with Gasteiger partial charge in [0.25, 0.3) is 0 Å². The van der Waals surface area contributed by atoms with Gasteiger partial charge < -0.3 is 5.73 Å². The van der Waals surface area contributed by atoms with Crippen LogP contribution in [0.5, 0.6) is 0 Å². The van der Waals surface area contributed by atoms with Crippen LogP contribution in [-0.4, -0.2) is 4.37 Å². The minimum Gasteiger partial charge on any atom is -0.389 e. The Morgan fingerprint density at radius 3 is 2.42 bits per heavy atom. The summed E-state index contributed by atoms with van der Waals surface area (Å²) >= 11 is 1.13. The first kappa shape index (κ1) is 13.6. The Kier molecular flexibility index (Phi) is 3.61. The predicted octanol–water partition coefficient (Wildman–Crippen LogP) is 4.14. The fourth-order valence-corrected chi connectivity index (χ4v) is 2.40. The second-order valence-electron chi connectivity index (χ2n) is 3.94. The van der Waals surface area contributed by atoms with E-state index < -0.39 is 11.7 Å². The van der Waals surface area contributed by atoms with Crippen molar-refractivity contribution in [1.82, 2.24) is 4.37 Å². The number of nitrogens with zero attached hydrogens (tertiary/aromatic N) is 1. The van der Waals surface area contributed by atoms with Gasteiger partial charge in [0, 0.05) is 11.1 Å². The third-order valence-corrected chi connectivity index (χ3v) is 3.37. The molecule has 6 heteroatoms. The molecule has 2 aromatic rings. The number of nitrogens with two attached hydrogens (primary N) is 1. The molecule has 100 valence electrons. The van der Waals surface area contributed by atoms with Crippen LogP contribution in [0.2, 0.25) is 0 Å². The summed E-state index contributed by atoms with van der Waals surface area (Å²) in [5.41, 5.74) is 7.17. The zero-order valence-corrected chi connectivity index (χ0v) is 10.7. The molecule has 0 saturated heterocycles. The normalized spacial score (nSPS) is 11.5. The highest BCUT2D eigenvalue weighted by Crippen LogP contribution is 2.34. The van der Waals surface area contributed by atoms with Crippen LogP contribution in [0.15, 0.2) is 36.9 Å². The summed E-state index contributed by atoms with van der Waals surface area (Å²) in [6.45, 7) is 3.63. The van der Waals surface area contributed by atoms with Crippen LogP contribution in [0.4, 0.5) is 18.2 Å². The molecule has 0 bridgehead atoms. The van der Waals surface area contributed by atoms with E-state index in [1.807, 2.05) is 0 Å². The third-order valence-electron chi connectivity index (χ3n) is 2.65. The fraction of sp³-hybridized carbons (Fsp3) is 0.154. The first-order chi connectivity index (χ1) is 8.93. The summed E-state index contributed by atoms with van der Waals surface area (Å²) in [7, 11) is 0. The first-order valence-electron chi connectivity index (χ1n) is 5.46. The second kappa shape index (κ2) is 5.05. The van der Waals surface area contributed by atoms with E-state index in [1.54, 1.807) is 6.08 Å². The summed E-state index contributed by atoms with van der Waals surface area (Å²) in [6.07, 6.45) is -2.10. The van der Waals surface area contributed by atoms with Gasteiger partial charge >= 0.3 is 6.18 Å². The number of halogens is 3. The second-order valence-corrected chi connectivity index (χ2v) is 4.75. The minimum atomic E-state index is -4.33. The summed E-state index contributed by atoms with van der Waals surface area (Å²) in [5, 5.41) is 0.565. The standard InChI is InChI=1S/C13H11F3N2S/c1-2-3-10-11(18-19-12(10)17)8-4-6-9(7-5-8)13(14,15)16/h2,4-7H,1,3,17H2. The average molecular weight is 284 g/mol. The zero-order valence-electron chi connectivity index (χ0n) is 9.87. The van der Waals surface area contributed by atoms with Crippen LogP contribution >= 0.6 is 11.5 Å². The lowest BCUT2D eigenvalue weighted by Crippen LogP contribution is -2.04. The van der Waals surface area contributed by atoms with Crippen molar-refractivity contribution in [1.29, 1.82) is 0 Å². The van der Waals surface area contributed by atoms with E-state index in [2.05, 4.69) is 11.0 Å². The zero-order chi connectivity index (χ0) is 14.0. The van der Waals surface area contributed by atoms with Gasteiger partial charge in [-0.25, -0.2) is 0 Å². The Balaban J connectivity index is 2.40. The summed E-state index contributed by atoms with van der Waals surface area (Å²) in [6, 6.07) is 4.90. The van der Waals surface area contributed by atoms with Crippen LogP contribution in [-0.2, 0) is 12.6 Å². The largest absolute Gasteiger partial charge is 0.416 e. The maximum absolute atomic E-state index is 12.5. The average Bonchev–Trinajstić information content (AvgIpc) is 2.71. The molecule has 0 atom stereocenters. The Morgan fingerprint density at radius 2 is 1.89 bits per heavy atom. The van der Waals surface area contributed by atoms with Crippen molar-refractivity contribution in [2.75, 3.05) is 5.73 Å². The fourth-order valence-electron chi connectivity index (χ4n) is 1.71. The molecule has 0 radical (unpaired) electrons. The summed E-state index contributed by atoms with van der Waals surface area (Å²) in [4.78, 5) is 0. The van der Waals surface area contributed by atoms with Gasteiger partial charge in [-0.2, -0.15) is 17.5 Å². The molecule has 2 nitrogen and oxygen atoms in total. The number of nitrogen functional groups attached to an aromatic ring is 1. The maximum Gasteiger partial charge on any atom is 0.416 e. The highest BCUT2D eigenvalue weighted by atomic mass is 32.1. The van der Waals surface area contributed by atoms with Crippen LogP contribution < -0.4 is 5.73 Å². The molecule has 0 amide bonds. The predicted molar refractivity (Wildman–Crippen MR) is 70.9 cm³/mol. The maximum atomic E-state index is 12.5. The van der Waals surface area contributed by atoms with Gasteiger partial charge in [-0.05, 0) is 30.1 Å². The number of allylic oxidation sites excluding steroid dienone is 1. The number of hydrogen-bond acceptors (Lipinski definition) is 3. The van der Waals surface area contributed by atoms with E-state index in [1.165, 1.54) is 12.1 Å². The van der Waals surface area contributed by atoms with Crippen molar-refractivity contribution in [3.05, 3.63) is 48.0 Å². The van der Waals surface area contributed by atoms with E-state index in [9.17, 15) is 13.2 Å². The van der Waals surface area contributed by atoms with Gasteiger partial charge in [-0.15, -0.1) is 6.58 Å². The van der Waals surface area contributed by atoms with Crippen molar-refractivity contribution in [3.63, 3.8) is 0 Å². The number of benzene rings is 1. The highest BCUT2D eigenvalue weighted by molar-refractivity contribution is 7.10. The number of hydrogen-bond donors (Lipinski definition) is 1. The smallest absolute Gasteiger partial charge is 0.389 e. The molecule has 0 aliphatic carbocycles. The molecule has 1 heterocycles. The quantitative estimate of drug-likeness (QED) is 0.860. The van der Waals surface area contributed by atoms with E-state index in [-0.39, 0.29) is 0 Å². The highest BCUT2D eigenvalue weighted by Gasteiger charge is 2.30. The van der Waals surface area contributed by atoms with Crippen LogP contribution in [0.3, 0.4) is 0 Å². The SMILES string of the molecule is C=CCc1c(-c2ccc(C(F)(F)F)cc2)nsc1N. The van der Waals surface area contributed by atoms with Gasteiger partial charge in [0.2, 0.25) is 0 Å². The molecule has 0 fully saturated rings. The van der Waals surface area contributed by atoms with Crippen molar-refractivity contribution < 1.29 is 13.2 Å². The molecule has 0 saturated carbocycles. The van der Waals surface area contributed by atoms with Crippen molar-refractivity contribution in [2.24, 2.45) is 0 Å². The Morgan fingerprint density at radius 1 is 1.26 bits per heavy atom. The van der Waals surface area contributed by atoms with Gasteiger partial charge in [0.15, 0.2) is 0 Å². The molecular weight excluding hydrogens is 273 g/mol. The van der Waals surface area contributed by atoms with Crippen LogP contribution in [0.25, 0.3) is 11.3 Å².